The molecule has 0 bridgehead atoms. The van der Waals surface area contributed by atoms with Crippen molar-refractivity contribution in [1.82, 2.24) is 20.6 Å². The van der Waals surface area contributed by atoms with Gasteiger partial charge in [0, 0.05) is 24.3 Å². The summed E-state index contributed by atoms with van der Waals surface area (Å²) in [6, 6.07) is 13.7. The van der Waals surface area contributed by atoms with Gasteiger partial charge in [-0.15, -0.1) is 11.3 Å². The molecule has 1 aromatic carbocycles. The van der Waals surface area contributed by atoms with Crippen molar-refractivity contribution >= 4 is 56.5 Å². The number of rotatable bonds is 7. The Hall–Kier alpha value is -4.77. The summed E-state index contributed by atoms with van der Waals surface area (Å²) in [5.74, 6) is 0.465. The molecule has 2 aliphatic rings. The van der Waals surface area contributed by atoms with Crippen molar-refractivity contribution in [3.8, 4) is 11.6 Å². The molecule has 2 atom stereocenters. The summed E-state index contributed by atoms with van der Waals surface area (Å²) in [5, 5.41) is 9.50. The average molecular weight is 541 g/mol. The SMILES string of the molecule is C=CC(=O)N[C@H]1CCCC1NC(=O)c1sc2nccc3c2c1NC(=O)N3c1ccc(Oc2ccccc2)nc1. The van der Waals surface area contributed by atoms with Crippen LogP contribution in [0, 0.1) is 0 Å². The third kappa shape index (κ3) is 4.68. The maximum absolute atomic E-state index is 13.4. The number of hydrogen-bond acceptors (Lipinski definition) is 7. The molecule has 4 heterocycles. The second kappa shape index (κ2) is 10.2. The van der Waals surface area contributed by atoms with Crippen molar-refractivity contribution in [2.45, 2.75) is 31.3 Å². The molecule has 6 rings (SSSR count). The van der Waals surface area contributed by atoms with Gasteiger partial charge in [0.2, 0.25) is 11.8 Å². The van der Waals surface area contributed by atoms with Gasteiger partial charge in [-0.05, 0) is 49.6 Å². The molecule has 1 aliphatic heterocycles. The molecule has 39 heavy (non-hydrogen) atoms. The van der Waals surface area contributed by atoms with Crippen LogP contribution in [0.2, 0.25) is 0 Å². The molecular formula is C28H24N6O4S. The van der Waals surface area contributed by atoms with Crippen LogP contribution in [0.1, 0.15) is 28.9 Å². The smallest absolute Gasteiger partial charge is 0.331 e. The number of thiophene rings is 1. The zero-order chi connectivity index (χ0) is 26.9. The number of nitrogens with one attached hydrogen (secondary N) is 3. The van der Waals surface area contributed by atoms with Crippen LogP contribution in [0.5, 0.6) is 11.6 Å². The standard InChI is InChI=1S/C28H24N6O4S/c1-2-21(35)31-18-9-6-10-19(18)32-26(36)25-24-23-20(13-14-29-27(23)39-25)34(28(37)33-24)16-11-12-22(30-15-16)38-17-7-4-3-5-8-17/h2-5,7-8,11-15,18-19H,1,6,9-10H2,(H,31,35)(H,32,36)(H,33,37)/t18-,19?/m0/s1. The molecule has 3 N–H and O–H groups in total. The molecule has 0 radical (unpaired) electrons. The Morgan fingerprint density at radius 1 is 1.08 bits per heavy atom. The molecule has 1 saturated carbocycles. The van der Waals surface area contributed by atoms with E-state index in [2.05, 4.69) is 32.5 Å². The zero-order valence-electron chi connectivity index (χ0n) is 20.7. The number of pyridine rings is 2. The minimum absolute atomic E-state index is 0.176. The van der Waals surface area contributed by atoms with Gasteiger partial charge in [-0.3, -0.25) is 14.5 Å². The molecule has 4 aromatic rings. The van der Waals surface area contributed by atoms with E-state index >= 15 is 0 Å². The predicted octanol–water partition coefficient (Wildman–Crippen LogP) is 5.12. The number of amides is 4. The van der Waals surface area contributed by atoms with Crippen molar-refractivity contribution < 1.29 is 19.1 Å². The van der Waals surface area contributed by atoms with Gasteiger partial charge >= 0.3 is 6.03 Å². The Balaban J connectivity index is 1.27. The second-order valence-corrected chi connectivity index (χ2v) is 10.2. The lowest BCUT2D eigenvalue weighted by Crippen LogP contribution is -2.48. The molecule has 1 unspecified atom stereocenters. The molecule has 0 spiro atoms. The van der Waals surface area contributed by atoms with E-state index < -0.39 is 6.03 Å². The topological polar surface area (TPSA) is 126 Å². The largest absolute Gasteiger partial charge is 0.439 e. The van der Waals surface area contributed by atoms with Crippen molar-refractivity contribution in [2.75, 3.05) is 10.2 Å². The van der Waals surface area contributed by atoms with Crippen LogP contribution in [-0.2, 0) is 4.79 Å². The van der Waals surface area contributed by atoms with Gasteiger partial charge in [0.15, 0.2) is 0 Å². The number of aromatic nitrogens is 2. The quantitative estimate of drug-likeness (QED) is 0.280. The van der Waals surface area contributed by atoms with E-state index in [1.54, 1.807) is 30.6 Å². The molecule has 196 valence electrons. The number of para-hydroxylation sites is 1. The third-order valence-corrected chi connectivity index (χ3v) is 7.84. The fraction of sp³-hybridized carbons (Fsp3) is 0.179. The summed E-state index contributed by atoms with van der Waals surface area (Å²) in [7, 11) is 0. The fourth-order valence-electron chi connectivity index (χ4n) is 4.96. The van der Waals surface area contributed by atoms with E-state index in [9.17, 15) is 14.4 Å². The van der Waals surface area contributed by atoms with Crippen molar-refractivity contribution in [3.05, 3.63) is 78.5 Å². The highest BCUT2D eigenvalue weighted by molar-refractivity contribution is 7.21. The lowest BCUT2D eigenvalue weighted by molar-refractivity contribution is -0.117. The number of carbonyl (C=O) groups is 3. The minimum atomic E-state index is -0.419. The first-order chi connectivity index (χ1) is 19.0. The lowest BCUT2D eigenvalue weighted by Gasteiger charge is -2.28. The van der Waals surface area contributed by atoms with Crippen molar-refractivity contribution in [2.24, 2.45) is 0 Å². The van der Waals surface area contributed by atoms with E-state index in [-0.39, 0.29) is 23.9 Å². The number of carbonyl (C=O) groups excluding carboxylic acids is 3. The Morgan fingerprint density at radius 3 is 2.62 bits per heavy atom. The molecule has 1 fully saturated rings. The number of urea groups is 1. The number of anilines is 3. The van der Waals surface area contributed by atoms with Crippen LogP contribution in [0.4, 0.5) is 21.9 Å². The highest BCUT2D eigenvalue weighted by Crippen LogP contribution is 2.45. The van der Waals surface area contributed by atoms with Crippen LogP contribution < -0.4 is 25.6 Å². The molecule has 0 saturated heterocycles. The van der Waals surface area contributed by atoms with Crippen LogP contribution in [-0.4, -0.2) is 39.9 Å². The highest BCUT2D eigenvalue weighted by atomic mass is 32.1. The Kier molecular flexibility index (Phi) is 6.41. The van der Waals surface area contributed by atoms with Crippen LogP contribution in [0.25, 0.3) is 10.2 Å². The summed E-state index contributed by atoms with van der Waals surface area (Å²) >= 11 is 1.21. The van der Waals surface area contributed by atoms with E-state index in [1.807, 2.05) is 30.3 Å². The zero-order valence-corrected chi connectivity index (χ0v) is 21.5. The van der Waals surface area contributed by atoms with Gasteiger partial charge in [-0.1, -0.05) is 24.8 Å². The van der Waals surface area contributed by atoms with Crippen LogP contribution in [0.15, 0.2) is 73.6 Å². The summed E-state index contributed by atoms with van der Waals surface area (Å²) in [5.41, 5.74) is 1.57. The molecular weight excluding hydrogens is 516 g/mol. The summed E-state index contributed by atoms with van der Waals surface area (Å²) in [6.45, 7) is 3.50. The van der Waals surface area contributed by atoms with Gasteiger partial charge in [-0.25, -0.2) is 14.8 Å². The highest BCUT2D eigenvalue weighted by Gasteiger charge is 2.35. The monoisotopic (exact) mass is 540 g/mol. The first-order valence-electron chi connectivity index (χ1n) is 12.5. The van der Waals surface area contributed by atoms with Gasteiger partial charge in [0.25, 0.3) is 5.91 Å². The normalized spacial score (nSPS) is 17.9. The number of hydrogen-bond donors (Lipinski definition) is 3. The fourth-order valence-corrected chi connectivity index (χ4v) is 5.98. The predicted molar refractivity (Wildman–Crippen MR) is 149 cm³/mol. The lowest BCUT2D eigenvalue weighted by atomic mass is 10.1. The third-order valence-electron chi connectivity index (χ3n) is 6.74. The van der Waals surface area contributed by atoms with Crippen molar-refractivity contribution in [1.29, 1.82) is 0 Å². The van der Waals surface area contributed by atoms with E-state index in [0.29, 0.717) is 43.8 Å². The molecule has 1 aliphatic carbocycles. The molecule has 10 nitrogen and oxygen atoms in total. The first kappa shape index (κ1) is 24.6. The molecule has 3 aromatic heterocycles. The summed E-state index contributed by atoms with van der Waals surface area (Å²) in [4.78, 5) is 49.9. The maximum Gasteiger partial charge on any atom is 0.331 e. The Labute approximate surface area is 227 Å². The molecule has 4 amide bonds. The number of ether oxygens (including phenoxy) is 1. The second-order valence-electron chi connectivity index (χ2n) is 9.18. The van der Waals surface area contributed by atoms with Crippen LogP contribution >= 0.6 is 11.3 Å². The molecule has 11 heteroatoms. The van der Waals surface area contributed by atoms with E-state index in [1.165, 1.54) is 22.3 Å². The Morgan fingerprint density at radius 2 is 1.87 bits per heavy atom. The van der Waals surface area contributed by atoms with Gasteiger partial charge < -0.3 is 20.7 Å². The number of benzene rings is 1. The Bertz CT molecular complexity index is 1590. The van der Waals surface area contributed by atoms with Gasteiger partial charge in [0.05, 0.1) is 28.6 Å². The van der Waals surface area contributed by atoms with Crippen molar-refractivity contribution in [3.63, 3.8) is 0 Å². The first-order valence-corrected chi connectivity index (χ1v) is 13.3. The van der Waals surface area contributed by atoms with Gasteiger partial charge in [0.1, 0.15) is 15.5 Å². The number of nitrogens with zero attached hydrogens (tertiary/aromatic N) is 3. The summed E-state index contributed by atoms with van der Waals surface area (Å²) < 4.78 is 5.77. The van der Waals surface area contributed by atoms with Crippen LogP contribution in [0.3, 0.4) is 0 Å². The summed E-state index contributed by atoms with van der Waals surface area (Å²) in [6.07, 6.45) is 6.80. The van der Waals surface area contributed by atoms with E-state index in [4.69, 9.17) is 4.74 Å². The van der Waals surface area contributed by atoms with Gasteiger partial charge in [-0.2, -0.15) is 0 Å². The van der Waals surface area contributed by atoms with E-state index in [0.717, 1.165) is 19.3 Å². The maximum atomic E-state index is 13.4. The minimum Gasteiger partial charge on any atom is -0.439 e. The average Bonchev–Trinajstić information content (AvgIpc) is 3.54.